The Morgan fingerprint density at radius 2 is 2.05 bits per heavy atom. The molecule has 6 nitrogen and oxygen atoms in total. The van der Waals surface area contributed by atoms with Crippen LogP contribution in [0.2, 0.25) is 0 Å². The lowest BCUT2D eigenvalue weighted by Gasteiger charge is -2.10. The number of benzene rings is 1. The van der Waals surface area contributed by atoms with Gasteiger partial charge in [0.05, 0.1) is 30.1 Å². The average Bonchev–Trinajstić information content (AvgIpc) is 2.46. The molecule has 0 saturated carbocycles. The van der Waals surface area contributed by atoms with Gasteiger partial charge in [0, 0.05) is 6.20 Å². The van der Waals surface area contributed by atoms with Crippen molar-refractivity contribution in [1.82, 2.24) is 4.98 Å². The number of carboxylic acids is 1. The van der Waals surface area contributed by atoms with E-state index in [-0.39, 0.29) is 22.6 Å². The van der Waals surface area contributed by atoms with Crippen LogP contribution in [0.25, 0.3) is 0 Å². The molecule has 0 bridgehead atoms. The molecule has 0 aliphatic rings. The van der Waals surface area contributed by atoms with E-state index in [0.717, 1.165) is 18.2 Å². The second kappa shape index (κ2) is 6.00. The lowest BCUT2D eigenvalue weighted by atomic mass is 10.1. The maximum absolute atomic E-state index is 13.2. The molecule has 1 aromatic carbocycles. The molecule has 0 aliphatic heterocycles. The summed E-state index contributed by atoms with van der Waals surface area (Å²) in [6.45, 7) is 0. The topological polar surface area (TPSA) is 88.5 Å². The number of carbonyl (C=O) groups excluding carboxylic acids is 1. The third kappa shape index (κ3) is 3.14. The van der Waals surface area contributed by atoms with Gasteiger partial charge in [-0.05, 0) is 24.3 Å². The van der Waals surface area contributed by atoms with Gasteiger partial charge in [0.2, 0.25) is 0 Å². The summed E-state index contributed by atoms with van der Waals surface area (Å²) in [5.74, 6) is -2.32. The first kappa shape index (κ1) is 14.4. The molecule has 0 aliphatic carbocycles. The summed E-state index contributed by atoms with van der Waals surface area (Å²) >= 11 is 0. The molecule has 7 heteroatoms. The number of aromatic carboxylic acids is 1. The summed E-state index contributed by atoms with van der Waals surface area (Å²) in [5.41, 5.74) is -0.183. The zero-order chi connectivity index (χ0) is 15.4. The number of hydrogen-bond acceptors (Lipinski definition) is 4. The van der Waals surface area contributed by atoms with Crippen molar-refractivity contribution in [3.05, 3.63) is 53.6 Å². The van der Waals surface area contributed by atoms with Gasteiger partial charge in [-0.2, -0.15) is 0 Å². The molecule has 0 atom stereocenters. The third-order valence-electron chi connectivity index (χ3n) is 2.71. The number of pyridine rings is 1. The standard InChI is InChI=1S/C14H11FN2O4/c1-21-12-7-16-5-4-10(12)13(18)17-11-6-8(15)2-3-9(11)14(19)20/h2-7H,1H3,(H,17,18)(H,19,20). The first-order valence-corrected chi connectivity index (χ1v) is 5.85. The van der Waals surface area contributed by atoms with Gasteiger partial charge in [-0.3, -0.25) is 9.78 Å². The van der Waals surface area contributed by atoms with Crippen LogP contribution in [0.3, 0.4) is 0 Å². The first-order chi connectivity index (χ1) is 10.0. The molecule has 1 heterocycles. The summed E-state index contributed by atoms with van der Waals surface area (Å²) in [6, 6.07) is 4.44. The summed E-state index contributed by atoms with van der Waals surface area (Å²) in [4.78, 5) is 27.0. The number of amides is 1. The van der Waals surface area contributed by atoms with E-state index >= 15 is 0 Å². The van der Waals surface area contributed by atoms with Crippen molar-refractivity contribution in [2.24, 2.45) is 0 Å². The van der Waals surface area contributed by atoms with E-state index in [1.165, 1.54) is 25.6 Å². The molecule has 0 fully saturated rings. The van der Waals surface area contributed by atoms with Gasteiger partial charge in [-0.15, -0.1) is 0 Å². The number of ether oxygens (including phenoxy) is 1. The lowest BCUT2D eigenvalue weighted by Crippen LogP contribution is -2.16. The van der Waals surface area contributed by atoms with Crippen LogP contribution in [0.1, 0.15) is 20.7 Å². The first-order valence-electron chi connectivity index (χ1n) is 5.85. The molecular formula is C14H11FN2O4. The van der Waals surface area contributed by atoms with Gasteiger partial charge in [0.1, 0.15) is 11.6 Å². The SMILES string of the molecule is COc1cnccc1C(=O)Nc1cc(F)ccc1C(=O)O. The van der Waals surface area contributed by atoms with E-state index in [0.29, 0.717) is 0 Å². The van der Waals surface area contributed by atoms with Gasteiger partial charge in [-0.25, -0.2) is 9.18 Å². The van der Waals surface area contributed by atoms with E-state index in [1.54, 1.807) is 0 Å². The zero-order valence-electron chi connectivity index (χ0n) is 11.0. The Balaban J connectivity index is 2.36. The second-order valence-corrected chi connectivity index (χ2v) is 4.03. The minimum Gasteiger partial charge on any atom is -0.494 e. The van der Waals surface area contributed by atoms with Crippen LogP contribution < -0.4 is 10.1 Å². The van der Waals surface area contributed by atoms with Gasteiger partial charge < -0.3 is 15.2 Å². The average molecular weight is 290 g/mol. The Morgan fingerprint density at radius 3 is 2.71 bits per heavy atom. The van der Waals surface area contributed by atoms with Gasteiger partial charge in [0.25, 0.3) is 5.91 Å². The van der Waals surface area contributed by atoms with Crippen molar-refractivity contribution in [2.45, 2.75) is 0 Å². The van der Waals surface area contributed by atoms with Gasteiger partial charge in [-0.1, -0.05) is 0 Å². The van der Waals surface area contributed by atoms with Crippen molar-refractivity contribution in [2.75, 3.05) is 12.4 Å². The smallest absolute Gasteiger partial charge is 0.337 e. The van der Waals surface area contributed by atoms with Crippen molar-refractivity contribution in [3.8, 4) is 5.75 Å². The fraction of sp³-hybridized carbons (Fsp3) is 0.0714. The summed E-state index contributed by atoms with van der Waals surface area (Å²) in [7, 11) is 1.37. The Labute approximate surface area is 119 Å². The number of anilines is 1. The molecule has 2 N–H and O–H groups in total. The molecule has 2 aromatic rings. The monoisotopic (exact) mass is 290 g/mol. The van der Waals surface area contributed by atoms with E-state index in [1.807, 2.05) is 0 Å². The van der Waals surface area contributed by atoms with Crippen molar-refractivity contribution in [3.63, 3.8) is 0 Å². The highest BCUT2D eigenvalue weighted by molar-refractivity contribution is 6.09. The van der Waals surface area contributed by atoms with Crippen molar-refractivity contribution in [1.29, 1.82) is 0 Å². The van der Waals surface area contributed by atoms with E-state index in [9.17, 15) is 14.0 Å². The number of methoxy groups -OCH3 is 1. The number of halogens is 1. The minimum absolute atomic E-state index is 0.133. The molecule has 1 aromatic heterocycles. The van der Waals surface area contributed by atoms with Crippen LogP contribution in [0, 0.1) is 5.82 Å². The molecule has 0 unspecified atom stereocenters. The Kier molecular flexibility index (Phi) is 4.13. The van der Waals surface area contributed by atoms with Crippen LogP contribution in [-0.2, 0) is 0 Å². The van der Waals surface area contributed by atoms with Gasteiger partial charge >= 0.3 is 5.97 Å². The highest BCUT2D eigenvalue weighted by atomic mass is 19.1. The Morgan fingerprint density at radius 1 is 1.29 bits per heavy atom. The van der Waals surface area contributed by atoms with Crippen molar-refractivity contribution < 1.29 is 23.8 Å². The quantitative estimate of drug-likeness (QED) is 0.901. The zero-order valence-corrected chi connectivity index (χ0v) is 11.0. The molecule has 2 rings (SSSR count). The maximum atomic E-state index is 13.2. The maximum Gasteiger partial charge on any atom is 0.337 e. The van der Waals surface area contributed by atoms with Crippen LogP contribution in [0.15, 0.2) is 36.7 Å². The molecule has 0 saturated heterocycles. The van der Waals surface area contributed by atoms with Crippen LogP contribution in [0.5, 0.6) is 5.75 Å². The predicted molar refractivity (Wildman–Crippen MR) is 72.1 cm³/mol. The molecule has 108 valence electrons. The number of hydrogen-bond donors (Lipinski definition) is 2. The van der Waals surface area contributed by atoms with E-state index in [4.69, 9.17) is 9.84 Å². The molecule has 1 amide bonds. The predicted octanol–water partition coefficient (Wildman–Crippen LogP) is 2.18. The number of aromatic nitrogens is 1. The summed E-state index contributed by atoms with van der Waals surface area (Å²) in [6.07, 6.45) is 2.74. The molecule has 21 heavy (non-hydrogen) atoms. The fourth-order valence-corrected chi connectivity index (χ4v) is 1.73. The van der Waals surface area contributed by atoms with Crippen LogP contribution in [-0.4, -0.2) is 29.1 Å². The summed E-state index contributed by atoms with van der Waals surface area (Å²) in [5, 5.41) is 11.4. The number of carboxylic acid groups (broad SMARTS) is 1. The second-order valence-electron chi connectivity index (χ2n) is 4.03. The normalized spacial score (nSPS) is 10.0. The highest BCUT2D eigenvalue weighted by Crippen LogP contribution is 2.21. The Bertz CT molecular complexity index is 703. The fourth-order valence-electron chi connectivity index (χ4n) is 1.73. The Hall–Kier alpha value is -2.96. The summed E-state index contributed by atoms with van der Waals surface area (Å²) < 4.78 is 18.2. The van der Waals surface area contributed by atoms with Crippen LogP contribution in [0.4, 0.5) is 10.1 Å². The third-order valence-corrected chi connectivity index (χ3v) is 2.71. The molecule has 0 spiro atoms. The molecule has 0 radical (unpaired) electrons. The van der Waals surface area contributed by atoms with Gasteiger partial charge in [0.15, 0.2) is 0 Å². The lowest BCUT2D eigenvalue weighted by molar-refractivity contribution is 0.0698. The number of carbonyl (C=O) groups is 2. The number of rotatable bonds is 4. The largest absolute Gasteiger partial charge is 0.494 e. The van der Waals surface area contributed by atoms with E-state index < -0.39 is 17.7 Å². The molecular weight excluding hydrogens is 279 g/mol. The minimum atomic E-state index is -1.27. The number of nitrogens with zero attached hydrogens (tertiary/aromatic N) is 1. The van der Waals surface area contributed by atoms with E-state index in [2.05, 4.69) is 10.3 Å². The van der Waals surface area contributed by atoms with Crippen LogP contribution >= 0.6 is 0 Å². The number of nitrogens with one attached hydrogen (secondary N) is 1. The van der Waals surface area contributed by atoms with Crippen molar-refractivity contribution >= 4 is 17.6 Å². The highest BCUT2D eigenvalue weighted by Gasteiger charge is 2.17.